The van der Waals surface area contributed by atoms with Crippen molar-refractivity contribution >= 4 is 5.69 Å². The van der Waals surface area contributed by atoms with Gasteiger partial charge in [-0.25, -0.2) is 0 Å². The Morgan fingerprint density at radius 1 is 1.06 bits per heavy atom. The Bertz CT molecular complexity index is 381. The minimum absolute atomic E-state index is 0.480. The van der Waals surface area contributed by atoms with E-state index in [4.69, 9.17) is 0 Å². The maximum atomic E-state index is 3.69. The molecule has 2 rings (SSSR count). The van der Waals surface area contributed by atoms with Crippen LogP contribution < -0.4 is 5.32 Å². The van der Waals surface area contributed by atoms with Gasteiger partial charge >= 0.3 is 0 Å². The molecule has 0 bridgehead atoms. The SMILES string of the molecule is Cc1cccc(NC2CCC(C(C)(C)C)CC2)c1. The number of hydrogen-bond donors (Lipinski definition) is 1. The van der Waals surface area contributed by atoms with Gasteiger partial charge in [0.1, 0.15) is 0 Å². The Morgan fingerprint density at radius 2 is 1.72 bits per heavy atom. The van der Waals surface area contributed by atoms with Crippen molar-refractivity contribution in [2.75, 3.05) is 5.32 Å². The molecule has 0 aromatic heterocycles. The van der Waals surface area contributed by atoms with Crippen molar-refractivity contribution in [3.05, 3.63) is 29.8 Å². The first kappa shape index (κ1) is 13.5. The number of nitrogens with one attached hydrogen (secondary N) is 1. The maximum Gasteiger partial charge on any atom is 0.0344 e. The Hall–Kier alpha value is -0.980. The second kappa shape index (κ2) is 5.34. The maximum absolute atomic E-state index is 3.69. The summed E-state index contributed by atoms with van der Waals surface area (Å²) < 4.78 is 0. The highest BCUT2D eigenvalue weighted by Crippen LogP contribution is 2.38. The molecule has 1 saturated carbocycles. The van der Waals surface area contributed by atoms with Crippen LogP contribution in [0.15, 0.2) is 24.3 Å². The average molecular weight is 245 g/mol. The summed E-state index contributed by atoms with van der Waals surface area (Å²) >= 11 is 0. The minimum atomic E-state index is 0.480. The number of benzene rings is 1. The van der Waals surface area contributed by atoms with Crippen molar-refractivity contribution < 1.29 is 0 Å². The molecule has 18 heavy (non-hydrogen) atoms. The van der Waals surface area contributed by atoms with Crippen LogP contribution in [-0.2, 0) is 0 Å². The van der Waals surface area contributed by atoms with E-state index in [9.17, 15) is 0 Å². The lowest BCUT2D eigenvalue weighted by Crippen LogP contribution is -2.31. The lowest BCUT2D eigenvalue weighted by atomic mass is 9.71. The molecule has 0 amide bonds. The van der Waals surface area contributed by atoms with Gasteiger partial charge in [-0.2, -0.15) is 0 Å². The molecule has 1 aliphatic carbocycles. The molecule has 100 valence electrons. The smallest absolute Gasteiger partial charge is 0.0344 e. The first-order chi connectivity index (χ1) is 8.45. The van der Waals surface area contributed by atoms with Crippen molar-refractivity contribution in [2.24, 2.45) is 11.3 Å². The molecule has 0 heterocycles. The Labute approximate surface area is 112 Å². The zero-order valence-electron chi connectivity index (χ0n) is 12.3. The first-order valence-corrected chi connectivity index (χ1v) is 7.28. The van der Waals surface area contributed by atoms with Crippen LogP contribution >= 0.6 is 0 Å². The highest BCUT2D eigenvalue weighted by atomic mass is 14.9. The summed E-state index contributed by atoms with van der Waals surface area (Å²) in [6.07, 6.45) is 5.37. The molecule has 1 N–H and O–H groups in total. The fraction of sp³-hybridized carbons (Fsp3) is 0.647. The predicted molar refractivity (Wildman–Crippen MR) is 80.0 cm³/mol. The van der Waals surface area contributed by atoms with E-state index in [1.54, 1.807) is 0 Å². The predicted octanol–water partition coefficient (Wildman–Crippen LogP) is 5.01. The molecule has 1 heteroatoms. The quantitative estimate of drug-likeness (QED) is 0.772. The summed E-state index contributed by atoms with van der Waals surface area (Å²) in [5.41, 5.74) is 3.10. The summed E-state index contributed by atoms with van der Waals surface area (Å²) in [7, 11) is 0. The van der Waals surface area contributed by atoms with Gasteiger partial charge in [-0.1, -0.05) is 32.9 Å². The Kier molecular flexibility index (Phi) is 3.99. The van der Waals surface area contributed by atoms with Crippen molar-refractivity contribution in [1.29, 1.82) is 0 Å². The standard InChI is InChI=1S/C17H27N/c1-13-6-5-7-16(12-13)18-15-10-8-14(9-11-15)17(2,3)4/h5-7,12,14-15,18H,8-11H2,1-4H3. The number of hydrogen-bond acceptors (Lipinski definition) is 1. The Balaban J connectivity index is 1.87. The van der Waals surface area contributed by atoms with E-state index in [2.05, 4.69) is 57.3 Å². The molecular formula is C17H27N. The van der Waals surface area contributed by atoms with Gasteiger partial charge in [0, 0.05) is 11.7 Å². The summed E-state index contributed by atoms with van der Waals surface area (Å²) in [5, 5.41) is 3.69. The van der Waals surface area contributed by atoms with E-state index in [0.29, 0.717) is 11.5 Å². The van der Waals surface area contributed by atoms with Gasteiger partial charge in [0.2, 0.25) is 0 Å². The van der Waals surface area contributed by atoms with Gasteiger partial charge in [-0.05, 0) is 61.6 Å². The molecule has 1 aromatic carbocycles. The van der Waals surface area contributed by atoms with Crippen molar-refractivity contribution in [3.63, 3.8) is 0 Å². The summed E-state index contributed by atoms with van der Waals surface area (Å²) in [5.74, 6) is 0.896. The third kappa shape index (κ3) is 3.51. The molecule has 1 aromatic rings. The zero-order chi connectivity index (χ0) is 13.2. The Morgan fingerprint density at radius 3 is 2.28 bits per heavy atom. The topological polar surface area (TPSA) is 12.0 Å². The van der Waals surface area contributed by atoms with Gasteiger partial charge in [0.15, 0.2) is 0 Å². The third-order valence-electron chi connectivity index (χ3n) is 4.34. The van der Waals surface area contributed by atoms with Gasteiger partial charge in [0.25, 0.3) is 0 Å². The van der Waals surface area contributed by atoms with Crippen LogP contribution in [-0.4, -0.2) is 6.04 Å². The van der Waals surface area contributed by atoms with Crippen molar-refractivity contribution in [3.8, 4) is 0 Å². The summed E-state index contributed by atoms with van der Waals surface area (Å²) in [4.78, 5) is 0. The molecule has 0 saturated heterocycles. The molecule has 0 unspecified atom stereocenters. The van der Waals surface area contributed by atoms with E-state index in [1.807, 2.05) is 0 Å². The van der Waals surface area contributed by atoms with E-state index < -0.39 is 0 Å². The fourth-order valence-corrected chi connectivity index (χ4v) is 3.07. The van der Waals surface area contributed by atoms with Crippen LogP contribution in [0.3, 0.4) is 0 Å². The van der Waals surface area contributed by atoms with Crippen LogP contribution in [0.4, 0.5) is 5.69 Å². The van der Waals surface area contributed by atoms with E-state index in [-0.39, 0.29) is 0 Å². The molecule has 0 aliphatic heterocycles. The molecular weight excluding hydrogens is 218 g/mol. The summed E-state index contributed by atoms with van der Waals surface area (Å²) in [6.45, 7) is 9.30. The van der Waals surface area contributed by atoms with Crippen LogP contribution in [0.25, 0.3) is 0 Å². The van der Waals surface area contributed by atoms with E-state index in [1.165, 1.54) is 36.9 Å². The van der Waals surface area contributed by atoms with Crippen LogP contribution in [0, 0.1) is 18.3 Å². The van der Waals surface area contributed by atoms with Crippen molar-refractivity contribution in [2.45, 2.75) is 59.4 Å². The minimum Gasteiger partial charge on any atom is -0.382 e. The van der Waals surface area contributed by atoms with Crippen LogP contribution in [0.2, 0.25) is 0 Å². The molecule has 1 fully saturated rings. The monoisotopic (exact) mass is 245 g/mol. The van der Waals surface area contributed by atoms with Gasteiger partial charge in [-0.3, -0.25) is 0 Å². The van der Waals surface area contributed by atoms with Crippen molar-refractivity contribution in [1.82, 2.24) is 0 Å². The molecule has 0 atom stereocenters. The normalized spacial score (nSPS) is 24.9. The van der Waals surface area contributed by atoms with Crippen LogP contribution in [0.1, 0.15) is 52.0 Å². The van der Waals surface area contributed by atoms with Gasteiger partial charge in [0.05, 0.1) is 0 Å². The van der Waals surface area contributed by atoms with Gasteiger partial charge in [-0.15, -0.1) is 0 Å². The van der Waals surface area contributed by atoms with E-state index in [0.717, 1.165) is 5.92 Å². The number of rotatable bonds is 2. The summed E-state index contributed by atoms with van der Waals surface area (Å²) in [6, 6.07) is 9.39. The second-order valence-corrected chi connectivity index (χ2v) is 6.93. The average Bonchev–Trinajstić information content (AvgIpc) is 2.28. The van der Waals surface area contributed by atoms with Gasteiger partial charge < -0.3 is 5.32 Å². The van der Waals surface area contributed by atoms with E-state index >= 15 is 0 Å². The highest BCUT2D eigenvalue weighted by Gasteiger charge is 2.29. The number of aryl methyl sites for hydroxylation is 1. The lowest BCUT2D eigenvalue weighted by molar-refractivity contribution is 0.173. The largest absolute Gasteiger partial charge is 0.382 e. The third-order valence-corrected chi connectivity index (χ3v) is 4.34. The van der Waals surface area contributed by atoms with Crippen LogP contribution in [0.5, 0.6) is 0 Å². The molecule has 0 spiro atoms. The molecule has 1 nitrogen and oxygen atoms in total. The molecule has 1 aliphatic rings. The highest BCUT2D eigenvalue weighted by molar-refractivity contribution is 5.46. The molecule has 0 radical (unpaired) electrons. The zero-order valence-corrected chi connectivity index (χ0v) is 12.3. The number of anilines is 1. The lowest BCUT2D eigenvalue weighted by Gasteiger charge is -2.37. The second-order valence-electron chi connectivity index (χ2n) is 6.93. The fourth-order valence-electron chi connectivity index (χ4n) is 3.07. The first-order valence-electron chi connectivity index (χ1n) is 7.28.